The van der Waals surface area contributed by atoms with Gasteiger partial charge in [0.15, 0.2) is 0 Å². The maximum atomic E-state index is 11.0. The third-order valence-corrected chi connectivity index (χ3v) is 2.64. The molecule has 0 amide bonds. The van der Waals surface area contributed by atoms with Crippen LogP contribution in [0.15, 0.2) is 0 Å². The topological polar surface area (TPSA) is 49.8 Å². The highest BCUT2D eigenvalue weighted by Gasteiger charge is 2.37. The molecule has 0 aliphatic carbocycles. The van der Waals surface area contributed by atoms with Crippen molar-refractivity contribution >= 4 is 5.97 Å². The van der Waals surface area contributed by atoms with Gasteiger partial charge in [0.2, 0.25) is 0 Å². The van der Waals surface area contributed by atoms with Crippen LogP contribution in [0.1, 0.15) is 13.3 Å². The maximum Gasteiger partial charge on any atom is 0.310 e. The average molecular weight is 211 g/mol. The van der Waals surface area contributed by atoms with E-state index >= 15 is 0 Å². The molecule has 1 aliphatic heterocycles. The van der Waals surface area contributed by atoms with Gasteiger partial charge in [-0.15, -0.1) is 6.42 Å². The number of aliphatic carboxylic acids is 1. The Morgan fingerprint density at radius 1 is 1.67 bits per heavy atom. The zero-order chi connectivity index (χ0) is 11.3. The molecule has 1 fully saturated rings. The molecule has 1 N–H and O–H groups in total. The standard InChI is InChI=1S/C11H17NO3/c1-3-5-12(6-4-2)10-8-15-7-9(10)11(13)14/h1,9-10H,4-8H2,2H3,(H,13,14). The van der Waals surface area contributed by atoms with Gasteiger partial charge in [-0.1, -0.05) is 12.8 Å². The molecule has 0 radical (unpaired) electrons. The summed E-state index contributed by atoms with van der Waals surface area (Å²) >= 11 is 0. The van der Waals surface area contributed by atoms with Crippen LogP contribution in [0.2, 0.25) is 0 Å². The summed E-state index contributed by atoms with van der Waals surface area (Å²) in [7, 11) is 0. The zero-order valence-corrected chi connectivity index (χ0v) is 8.98. The Kier molecular flexibility index (Phi) is 4.60. The van der Waals surface area contributed by atoms with Crippen LogP contribution < -0.4 is 0 Å². The Morgan fingerprint density at radius 2 is 2.40 bits per heavy atom. The predicted octanol–water partition coefficient (Wildman–Crippen LogP) is 0.431. The summed E-state index contributed by atoms with van der Waals surface area (Å²) in [6, 6.07) is -0.0708. The molecule has 0 saturated carbocycles. The molecule has 4 heteroatoms. The van der Waals surface area contributed by atoms with Gasteiger partial charge < -0.3 is 9.84 Å². The number of terminal acetylenes is 1. The third-order valence-electron chi connectivity index (χ3n) is 2.64. The van der Waals surface area contributed by atoms with Crippen LogP contribution in [0, 0.1) is 18.3 Å². The Hall–Kier alpha value is -1.05. The molecule has 2 atom stereocenters. The first-order valence-electron chi connectivity index (χ1n) is 5.18. The summed E-state index contributed by atoms with van der Waals surface area (Å²) in [5.41, 5.74) is 0. The fraction of sp³-hybridized carbons (Fsp3) is 0.727. The Morgan fingerprint density at radius 3 is 2.93 bits per heavy atom. The van der Waals surface area contributed by atoms with E-state index in [2.05, 4.69) is 12.8 Å². The van der Waals surface area contributed by atoms with Crippen molar-refractivity contribution in [3.05, 3.63) is 0 Å². The van der Waals surface area contributed by atoms with Gasteiger partial charge in [0.1, 0.15) is 0 Å². The van der Waals surface area contributed by atoms with Gasteiger partial charge >= 0.3 is 5.97 Å². The summed E-state index contributed by atoms with van der Waals surface area (Å²) in [5.74, 6) is 1.33. The second kappa shape index (κ2) is 5.74. The number of carboxylic acids is 1. The monoisotopic (exact) mass is 211 g/mol. The van der Waals surface area contributed by atoms with Crippen LogP contribution in [0.4, 0.5) is 0 Å². The van der Waals surface area contributed by atoms with Crippen molar-refractivity contribution in [3.8, 4) is 12.3 Å². The maximum absolute atomic E-state index is 11.0. The van der Waals surface area contributed by atoms with E-state index in [1.54, 1.807) is 0 Å². The summed E-state index contributed by atoms with van der Waals surface area (Å²) in [5, 5.41) is 9.01. The van der Waals surface area contributed by atoms with Crippen LogP contribution in [-0.2, 0) is 9.53 Å². The Labute approximate surface area is 90.2 Å². The first-order chi connectivity index (χ1) is 7.20. The smallest absolute Gasteiger partial charge is 0.310 e. The van der Waals surface area contributed by atoms with Crippen molar-refractivity contribution in [2.45, 2.75) is 19.4 Å². The quantitative estimate of drug-likeness (QED) is 0.670. The average Bonchev–Trinajstić information content (AvgIpc) is 2.65. The van der Waals surface area contributed by atoms with Crippen LogP contribution in [0.3, 0.4) is 0 Å². The second-order valence-electron chi connectivity index (χ2n) is 3.72. The lowest BCUT2D eigenvalue weighted by Gasteiger charge is -2.27. The highest BCUT2D eigenvalue weighted by molar-refractivity contribution is 5.71. The Balaban J connectivity index is 2.65. The minimum atomic E-state index is -0.796. The molecule has 1 rings (SSSR count). The van der Waals surface area contributed by atoms with Gasteiger partial charge in [0.05, 0.1) is 25.7 Å². The van der Waals surface area contributed by atoms with E-state index in [0.29, 0.717) is 19.8 Å². The molecule has 0 aromatic carbocycles. The largest absolute Gasteiger partial charge is 0.481 e. The van der Waals surface area contributed by atoms with Gasteiger partial charge in [-0.05, 0) is 13.0 Å². The van der Waals surface area contributed by atoms with Crippen molar-refractivity contribution in [2.75, 3.05) is 26.3 Å². The number of hydrogen-bond acceptors (Lipinski definition) is 3. The van der Waals surface area contributed by atoms with Gasteiger partial charge in [0.25, 0.3) is 0 Å². The lowest BCUT2D eigenvalue weighted by Crippen LogP contribution is -2.43. The fourth-order valence-electron chi connectivity index (χ4n) is 1.91. The molecule has 84 valence electrons. The van der Waals surface area contributed by atoms with E-state index in [9.17, 15) is 4.79 Å². The molecule has 4 nitrogen and oxygen atoms in total. The van der Waals surface area contributed by atoms with Crippen molar-refractivity contribution in [3.63, 3.8) is 0 Å². The van der Waals surface area contributed by atoms with Crippen molar-refractivity contribution in [1.82, 2.24) is 4.90 Å². The highest BCUT2D eigenvalue weighted by Crippen LogP contribution is 2.20. The van der Waals surface area contributed by atoms with E-state index in [4.69, 9.17) is 16.3 Å². The number of ether oxygens (including phenoxy) is 1. The van der Waals surface area contributed by atoms with E-state index in [1.807, 2.05) is 4.90 Å². The number of carbonyl (C=O) groups is 1. The van der Waals surface area contributed by atoms with Crippen LogP contribution in [0.5, 0.6) is 0 Å². The number of rotatable bonds is 5. The fourth-order valence-corrected chi connectivity index (χ4v) is 1.91. The zero-order valence-electron chi connectivity index (χ0n) is 8.98. The minimum Gasteiger partial charge on any atom is -0.481 e. The second-order valence-corrected chi connectivity index (χ2v) is 3.72. The first-order valence-corrected chi connectivity index (χ1v) is 5.18. The lowest BCUT2D eigenvalue weighted by atomic mass is 10.0. The van der Waals surface area contributed by atoms with Crippen molar-refractivity contribution in [1.29, 1.82) is 0 Å². The molecule has 0 aromatic heterocycles. The molecule has 1 aliphatic rings. The van der Waals surface area contributed by atoms with Gasteiger partial charge in [-0.2, -0.15) is 0 Å². The van der Waals surface area contributed by atoms with Crippen molar-refractivity contribution < 1.29 is 14.6 Å². The van der Waals surface area contributed by atoms with E-state index < -0.39 is 11.9 Å². The van der Waals surface area contributed by atoms with Gasteiger partial charge in [-0.3, -0.25) is 9.69 Å². The first kappa shape index (κ1) is 12.0. The van der Waals surface area contributed by atoms with Crippen LogP contribution in [-0.4, -0.2) is 48.3 Å². The predicted molar refractivity (Wildman–Crippen MR) is 56.4 cm³/mol. The molecule has 0 bridgehead atoms. The normalized spacial score (nSPS) is 25.4. The van der Waals surface area contributed by atoms with Crippen LogP contribution >= 0.6 is 0 Å². The number of nitrogens with zero attached hydrogens (tertiary/aromatic N) is 1. The third kappa shape index (κ3) is 2.95. The molecule has 0 aromatic rings. The van der Waals surface area contributed by atoms with E-state index in [0.717, 1.165) is 13.0 Å². The van der Waals surface area contributed by atoms with E-state index in [-0.39, 0.29) is 6.04 Å². The molecule has 2 unspecified atom stereocenters. The summed E-state index contributed by atoms with van der Waals surface area (Å²) in [6.07, 6.45) is 6.23. The van der Waals surface area contributed by atoms with Crippen LogP contribution in [0.25, 0.3) is 0 Å². The molecule has 1 saturated heterocycles. The summed E-state index contributed by atoms with van der Waals surface area (Å²) in [4.78, 5) is 13.0. The molecule has 15 heavy (non-hydrogen) atoms. The Bertz CT molecular complexity index is 259. The van der Waals surface area contributed by atoms with Gasteiger partial charge in [0, 0.05) is 6.04 Å². The number of hydrogen-bond donors (Lipinski definition) is 1. The summed E-state index contributed by atoms with van der Waals surface area (Å²) < 4.78 is 5.21. The summed E-state index contributed by atoms with van der Waals surface area (Å²) in [6.45, 7) is 4.13. The minimum absolute atomic E-state index is 0.0708. The van der Waals surface area contributed by atoms with Gasteiger partial charge in [-0.25, -0.2) is 0 Å². The van der Waals surface area contributed by atoms with E-state index in [1.165, 1.54) is 0 Å². The molecule has 0 spiro atoms. The molecular weight excluding hydrogens is 194 g/mol. The molecule has 1 heterocycles. The lowest BCUT2D eigenvalue weighted by molar-refractivity contribution is -0.143. The highest BCUT2D eigenvalue weighted by atomic mass is 16.5. The molecular formula is C11H17NO3. The van der Waals surface area contributed by atoms with Crippen molar-refractivity contribution in [2.24, 2.45) is 5.92 Å². The number of carboxylic acid groups (broad SMARTS) is 1. The SMILES string of the molecule is C#CCN(CCC)C1COCC1C(=O)O.